The summed E-state index contributed by atoms with van der Waals surface area (Å²) in [4.78, 5) is 12.8. The van der Waals surface area contributed by atoms with Crippen LogP contribution in [0.5, 0.6) is 0 Å². The van der Waals surface area contributed by atoms with Crippen LogP contribution in [0.25, 0.3) is 0 Å². The van der Waals surface area contributed by atoms with E-state index in [0.717, 1.165) is 4.90 Å². The minimum atomic E-state index is -4.25. The third kappa shape index (κ3) is 4.51. The maximum atomic E-state index is 12.0. The predicted molar refractivity (Wildman–Crippen MR) is 55.3 cm³/mol. The molecule has 0 spiro atoms. The molecule has 1 fully saturated rings. The molecule has 1 aliphatic rings. The quantitative estimate of drug-likeness (QED) is 0.811. The fourth-order valence-electron chi connectivity index (χ4n) is 1.71. The summed E-state index contributed by atoms with van der Waals surface area (Å²) in [5.41, 5.74) is 5.39. The Hall–Kier alpha value is -0.820. The lowest BCUT2D eigenvalue weighted by atomic mass is 10.2. The van der Waals surface area contributed by atoms with Gasteiger partial charge in [0, 0.05) is 20.1 Å². The first kappa shape index (κ1) is 14.2. The molecule has 1 saturated heterocycles. The number of amides is 1. The Labute approximate surface area is 97.9 Å². The van der Waals surface area contributed by atoms with Crippen LogP contribution in [0.15, 0.2) is 0 Å². The lowest BCUT2D eigenvalue weighted by molar-refractivity contribution is -0.150. The van der Waals surface area contributed by atoms with Gasteiger partial charge in [0.2, 0.25) is 0 Å². The van der Waals surface area contributed by atoms with Gasteiger partial charge in [-0.25, -0.2) is 0 Å². The monoisotopic (exact) mass is 254 g/mol. The second-order valence-corrected chi connectivity index (χ2v) is 4.18. The summed E-state index contributed by atoms with van der Waals surface area (Å²) in [6.45, 7) is -0.00840. The molecule has 2 N–H and O–H groups in total. The van der Waals surface area contributed by atoms with Crippen molar-refractivity contribution in [2.45, 2.75) is 37.6 Å². The SMILES string of the molecule is CN(CCC(F)(F)F)C(=O)C1CCC(CN)O1. The van der Waals surface area contributed by atoms with Crippen molar-refractivity contribution in [2.24, 2.45) is 5.73 Å². The van der Waals surface area contributed by atoms with Crippen molar-refractivity contribution < 1.29 is 22.7 Å². The molecule has 17 heavy (non-hydrogen) atoms. The van der Waals surface area contributed by atoms with Gasteiger partial charge in [0.15, 0.2) is 0 Å². The Morgan fingerprint density at radius 1 is 1.47 bits per heavy atom. The fourth-order valence-corrected chi connectivity index (χ4v) is 1.71. The normalized spacial score (nSPS) is 25.0. The summed E-state index contributed by atoms with van der Waals surface area (Å²) in [5.74, 6) is -0.398. The van der Waals surface area contributed by atoms with Gasteiger partial charge in [-0.05, 0) is 12.8 Å². The van der Waals surface area contributed by atoms with Gasteiger partial charge < -0.3 is 15.4 Å². The number of rotatable bonds is 4. The molecule has 1 rings (SSSR count). The molecule has 0 aromatic carbocycles. The van der Waals surface area contributed by atoms with Crippen LogP contribution in [0, 0.1) is 0 Å². The van der Waals surface area contributed by atoms with Gasteiger partial charge >= 0.3 is 6.18 Å². The zero-order valence-electron chi connectivity index (χ0n) is 9.67. The van der Waals surface area contributed by atoms with Crippen molar-refractivity contribution >= 4 is 5.91 Å². The maximum Gasteiger partial charge on any atom is 0.390 e. The average Bonchev–Trinajstić information content (AvgIpc) is 2.72. The molecule has 100 valence electrons. The first-order valence-corrected chi connectivity index (χ1v) is 5.50. The fraction of sp³-hybridized carbons (Fsp3) is 0.900. The Morgan fingerprint density at radius 2 is 2.12 bits per heavy atom. The van der Waals surface area contributed by atoms with Crippen LogP contribution >= 0.6 is 0 Å². The van der Waals surface area contributed by atoms with E-state index in [0.29, 0.717) is 19.4 Å². The summed E-state index contributed by atoms with van der Waals surface area (Å²) < 4.78 is 41.3. The highest BCUT2D eigenvalue weighted by molar-refractivity contribution is 5.80. The van der Waals surface area contributed by atoms with Crippen LogP contribution in [0.4, 0.5) is 13.2 Å². The molecule has 0 aromatic heterocycles. The average molecular weight is 254 g/mol. The summed E-state index contributed by atoms with van der Waals surface area (Å²) in [7, 11) is 1.35. The Morgan fingerprint density at radius 3 is 2.59 bits per heavy atom. The highest BCUT2D eigenvalue weighted by Crippen LogP contribution is 2.22. The summed E-state index contributed by atoms with van der Waals surface area (Å²) in [6.07, 6.45) is -4.83. The highest BCUT2D eigenvalue weighted by atomic mass is 19.4. The summed E-state index contributed by atoms with van der Waals surface area (Å²) in [5, 5.41) is 0. The second-order valence-electron chi connectivity index (χ2n) is 4.18. The van der Waals surface area contributed by atoms with Gasteiger partial charge in [-0.15, -0.1) is 0 Å². The van der Waals surface area contributed by atoms with Crippen LogP contribution in [0.3, 0.4) is 0 Å². The number of carbonyl (C=O) groups is 1. The summed E-state index contributed by atoms with van der Waals surface area (Å²) >= 11 is 0. The molecule has 0 aliphatic carbocycles. The van der Waals surface area contributed by atoms with E-state index in [9.17, 15) is 18.0 Å². The number of halogens is 3. The topological polar surface area (TPSA) is 55.6 Å². The lowest BCUT2D eigenvalue weighted by Gasteiger charge is -2.21. The zero-order valence-corrected chi connectivity index (χ0v) is 9.67. The number of ether oxygens (including phenoxy) is 1. The number of hydrogen-bond acceptors (Lipinski definition) is 3. The van der Waals surface area contributed by atoms with Gasteiger partial charge in [0.1, 0.15) is 6.10 Å². The number of alkyl halides is 3. The minimum Gasteiger partial charge on any atom is -0.364 e. The smallest absolute Gasteiger partial charge is 0.364 e. The molecule has 1 amide bonds. The minimum absolute atomic E-state index is 0.153. The Balaban J connectivity index is 2.37. The Bertz CT molecular complexity index is 271. The predicted octanol–water partition coefficient (Wildman–Crippen LogP) is 0.903. The molecule has 2 unspecified atom stereocenters. The van der Waals surface area contributed by atoms with Gasteiger partial charge in [0.25, 0.3) is 5.91 Å². The largest absolute Gasteiger partial charge is 0.390 e. The number of nitrogens with two attached hydrogens (primary N) is 1. The molecule has 0 saturated carbocycles. The van der Waals surface area contributed by atoms with E-state index < -0.39 is 24.6 Å². The molecule has 2 atom stereocenters. The van der Waals surface area contributed by atoms with E-state index in [4.69, 9.17) is 10.5 Å². The van der Waals surface area contributed by atoms with Crippen LogP contribution in [0.1, 0.15) is 19.3 Å². The molecule has 4 nitrogen and oxygen atoms in total. The molecule has 0 radical (unpaired) electrons. The van der Waals surface area contributed by atoms with Gasteiger partial charge in [-0.1, -0.05) is 0 Å². The number of carbonyl (C=O) groups excluding carboxylic acids is 1. The van der Waals surface area contributed by atoms with Crippen molar-refractivity contribution in [3.63, 3.8) is 0 Å². The van der Waals surface area contributed by atoms with Gasteiger partial charge in [-0.3, -0.25) is 4.79 Å². The third-order valence-corrected chi connectivity index (χ3v) is 2.75. The molecule has 7 heteroatoms. The Kier molecular flexibility index (Phi) is 4.76. The lowest BCUT2D eigenvalue weighted by Crippen LogP contribution is -2.38. The van der Waals surface area contributed by atoms with E-state index in [1.165, 1.54) is 7.05 Å². The highest BCUT2D eigenvalue weighted by Gasteiger charge is 2.33. The van der Waals surface area contributed by atoms with E-state index in [1.54, 1.807) is 0 Å². The number of hydrogen-bond donors (Lipinski definition) is 1. The maximum absolute atomic E-state index is 12.0. The third-order valence-electron chi connectivity index (χ3n) is 2.75. The van der Waals surface area contributed by atoms with Gasteiger partial charge in [-0.2, -0.15) is 13.2 Å². The zero-order chi connectivity index (χ0) is 13.1. The van der Waals surface area contributed by atoms with Crippen LogP contribution in [0.2, 0.25) is 0 Å². The van der Waals surface area contributed by atoms with Crippen molar-refractivity contribution in [1.82, 2.24) is 4.90 Å². The van der Waals surface area contributed by atoms with E-state index >= 15 is 0 Å². The van der Waals surface area contributed by atoms with E-state index in [-0.39, 0.29) is 12.6 Å². The van der Waals surface area contributed by atoms with E-state index in [2.05, 4.69) is 0 Å². The molecule has 1 aliphatic heterocycles. The first-order chi connectivity index (χ1) is 7.83. The van der Waals surface area contributed by atoms with E-state index in [1.807, 2.05) is 0 Å². The van der Waals surface area contributed by atoms with Crippen LogP contribution < -0.4 is 5.73 Å². The van der Waals surface area contributed by atoms with Crippen molar-refractivity contribution in [3.8, 4) is 0 Å². The number of likely N-dealkylation sites (N-methyl/N-ethyl adjacent to an activating group) is 1. The molecule has 1 heterocycles. The first-order valence-electron chi connectivity index (χ1n) is 5.50. The van der Waals surface area contributed by atoms with Crippen molar-refractivity contribution in [3.05, 3.63) is 0 Å². The molecule has 0 bridgehead atoms. The summed E-state index contributed by atoms with van der Waals surface area (Å²) in [6, 6.07) is 0. The van der Waals surface area contributed by atoms with Crippen LogP contribution in [-0.2, 0) is 9.53 Å². The molecular weight excluding hydrogens is 237 g/mol. The standard InChI is InChI=1S/C10H17F3N2O2/c1-15(5-4-10(11,12)13)9(16)8-3-2-7(6-14)17-8/h7-8H,2-6,14H2,1H3. The second kappa shape index (κ2) is 5.68. The molecular formula is C10H17F3N2O2. The van der Waals surface area contributed by atoms with Crippen LogP contribution in [-0.4, -0.2) is 49.3 Å². The van der Waals surface area contributed by atoms with Crippen molar-refractivity contribution in [2.75, 3.05) is 20.1 Å². The van der Waals surface area contributed by atoms with Crippen molar-refractivity contribution in [1.29, 1.82) is 0 Å². The van der Waals surface area contributed by atoms with Gasteiger partial charge in [0.05, 0.1) is 12.5 Å². The molecule has 0 aromatic rings. The number of nitrogens with zero attached hydrogens (tertiary/aromatic N) is 1.